The topological polar surface area (TPSA) is 42.2 Å². The van der Waals surface area contributed by atoms with E-state index in [1.165, 1.54) is 0 Å². The predicted molar refractivity (Wildman–Crippen MR) is 85.2 cm³/mol. The first kappa shape index (κ1) is 13.7. The highest BCUT2D eigenvalue weighted by Gasteiger charge is 2.12. The molecular formula is C17H14ClNO2. The fraction of sp³-hybridized carbons (Fsp3) is 0.118. The van der Waals surface area contributed by atoms with E-state index in [1.54, 1.807) is 6.07 Å². The van der Waals surface area contributed by atoms with Crippen LogP contribution in [0.4, 0.5) is 5.69 Å². The number of carbonyl (C=O) groups is 1. The van der Waals surface area contributed by atoms with Crippen LogP contribution in [0.2, 0.25) is 5.02 Å². The van der Waals surface area contributed by atoms with Crippen molar-refractivity contribution in [3.05, 3.63) is 64.9 Å². The number of nitrogens with one attached hydrogen (secondary N) is 1. The minimum Gasteiger partial charge on any atom is -0.453 e. The number of ketones is 1. The molecule has 0 amide bonds. The first-order chi connectivity index (χ1) is 10.1. The van der Waals surface area contributed by atoms with Gasteiger partial charge in [-0.3, -0.25) is 4.79 Å². The molecule has 3 rings (SSSR count). The van der Waals surface area contributed by atoms with Crippen molar-refractivity contribution < 1.29 is 9.21 Å². The number of rotatable bonds is 4. The van der Waals surface area contributed by atoms with Crippen LogP contribution in [-0.4, -0.2) is 12.3 Å². The van der Waals surface area contributed by atoms with E-state index < -0.39 is 0 Å². The van der Waals surface area contributed by atoms with Gasteiger partial charge in [-0.1, -0.05) is 35.9 Å². The number of anilines is 1. The van der Waals surface area contributed by atoms with E-state index in [-0.39, 0.29) is 12.3 Å². The molecule has 0 saturated heterocycles. The quantitative estimate of drug-likeness (QED) is 0.711. The molecule has 1 aromatic heterocycles. The summed E-state index contributed by atoms with van der Waals surface area (Å²) in [5.41, 5.74) is 2.50. The third kappa shape index (κ3) is 2.78. The molecule has 0 aliphatic heterocycles. The van der Waals surface area contributed by atoms with Crippen LogP contribution in [0.5, 0.6) is 0 Å². The Morgan fingerprint density at radius 2 is 2.00 bits per heavy atom. The Hall–Kier alpha value is -2.26. The molecular weight excluding hydrogens is 286 g/mol. The molecule has 3 aromatic rings. The van der Waals surface area contributed by atoms with Gasteiger partial charge in [-0.2, -0.15) is 0 Å². The predicted octanol–water partition coefficient (Wildman–Crippen LogP) is 4.69. The van der Waals surface area contributed by atoms with Gasteiger partial charge in [-0.15, -0.1) is 0 Å². The summed E-state index contributed by atoms with van der Waals surface area (Å²) >= 11 is 6.06. The zero-order valence-corrected chi connectivity index (χ0v) is 12.3. The van der Waals surface area contributed by atoms with Crippen molar-refractivity contribution >= 4 is 34.0 Å². The standard InChI is InChI=1S/C17H14ClNO2/c1-11-13(18)6-4-7-14(11)19-10-15(20)17-9-12-5-2-3-8-16(12)21-17/h2-9,19H,10H2,1H3. The number of Topliss-reactive ketones (excluding diaryl/α,β-unsaturated/α-hetero) is 1. The van der Waals surface area contributed by atoms with Crippen LogP contribution >= 0.6 is 11.6 Å². The second kappa shape index (κ2) is 5.62. The maximum atomic E-state index is 12.2. The number of hydrogen-bond acceptors (Lipinski definition) is 3. The van der Waals surface area contributed by atoms with Crippen molar-refractivity contribution in [1.82, 2.24) is 0 Å². The van der Waals surface area contributed by atoms with Gasteiger partial charge in [-0.05, 0) is 36.8 Å². The SMILES string of the molecule is Cc1c(Cl)cccc1NCC(=O)c1cc2ccccc2o1. The van der Waals surface area contributed by atoms with Crippen LogP contribution in [0, 0.1) is 6.92 Å². The molecule has 106 valence electrons. The average Bonchev–Trinajstić information content (AvgIpc) is 2.92. The Bertz CT molecular complexity index is 774. The van der Waals surface area contributed by atoms with E-state index in [2.05, 4.69) is 5.32 Å². The highest BCUT2D eigenvalue weighted by atomic mass is 35.5. The van der Waals surface area contributed by atoms with Gasteiger partial charge >= 0.3 is 0 Å². The molecule has 3 nitrogen and oxygen atoms in total. The molecule has 0 bridgehead atoms. The van der Waals surface area contributed by atoms with Gasteiger partial charge in [0.2, 0.25) is 5.78 Å². The zero-order valence-electron chi connectivity index (χ0n) is 11.5. The molecule has 21 heavy (non-hydrogen) atoms. The second-order valence-electron chi connectivity index (χ2n) is 4.84. The molecule has 0 atom stereocenters. The van der Waals surface area contributed by atoms with Gasteiger partial charge in [-0.25, -0.2) is 0 Å². The fourth-order valence-corrected chi connectivity index (χ4v) is 2.36. The fourth-order valence-electron chi connectivity index (χ4n) is 2.18. The minimum atomic E-state index is -0.0921. The lowest BCUT2D eigenvalue weighted by atomic mass is 10.2. The van der Waals surface area contributed by atoms with Gasteiger partial charge in [0.1, 0.15) is 5.58 Å². The first-order valence-corrected chi connectivity index (χ1v) is 7.04. The molecule has 0 aliphatic carbocycles. The van der Waals surface area contributed by atoms with E-state index in [1.807, 2.05) is 49.4 Å². The number of carbonyl (C=O) groups excluding carboxylic acids is 1. The van der Waals surface area contributed by atoms with Crippen LogP contribution in [0.25, 0.3) is 11.0 Å². The summed E-state index contributed by atoms with van der Waals surface area (Å²) in [6, 6.07) is 14.9. The molecule has 4 heteroatoms. The summed E-state index contributed by atoms with van der Waals surface area (Å²) in [5, 5.41) is 4.71. The van der Waals surface area contributed by atoms with Crippen molar-refractivity contribution in [3.63, 3.8) is 0 Å². The van der Waals surface area contributed by atoms with Gasteiger partial charge in [0.25, 0.3) is 0 Å². The summed E-state index contributed by atoms with van der Waals surface area (Å²) in [6.45, 7) is 2.08. The lowest BCUT2D eigenvalue weighted by Crippen LogP contribution is -2.13. The summed E-state index contributed by atoms with van der Waals surface area (Å²) in [5.74, 6) is 0.272. The highest BCUT2D eigenvalue weighted by molar-refractivity contribution is 6.31. The van der Waals surface area contributed by atoms with Crippen molar-refractivity contribution in [3.8, 4) is 0 Å². The van der Waals surface area contributed by atoms with E-state index in [0.717, 1.165) is 22.2 Å². The maximum Gasteiger partial charge on any atom is 0.216 e. The number of fused-ring (bicyclic) bond motifs is 1. The summed E-state index contributed by atoms with van der Waals surface area (Å²) in [4.78, 5) is 12.2. The highest BCUT2D eigenvalue weighted by Crippen LogP contribution is 2.23. The lowest BCUT2D eigenvalue weighted by Gasteiger charge is -2.09. The van der Waals surface area contributed by atoms with Crippen LogP contribution in [0.1, 0.15) is 16.1 Å². The van der Waals surface area contributed by atoms with Crippen LogP contribution < -0.4 is 5.32 Å². The summed E-state index contributed by atoms with van der Waals surface area (Å²) < 4.78 is 5.56. The van der Waals surface area contributed by atoms with Gasteiger partial charge in [0.05, 0.1) is 6.54 Å². The monoisotopic (exact) mass is 299 g/mol. The lowest BCUT2D eigenvalue weighted by molar-refractivity contribution is 0.0982. The largest absolute Gasteiger partial charge is 0.453 e. The Balaban J connectivity index is 1.76. The molecule has 0 fully saturated rings. The average molecular weight is 300 g/mol. The molecule has 0 radical (unpaired) electrons. The Kier molecular flexibility index (Phi) is 3.67. The molecule has 0 unspecified atom stereocenters. The zero-order chi connectivity index (χ0) is 14.8. The molecule has 1 N–H and O–H groups in total. The molecule has 0 aliphatic rings. The van der Waals surface area contributed by atoms with Crippen molar-refractivity contribution in [2.45, 2.75) is 6.92 Å². The number of halogens is 1. The van der Waals surface area contributed by atoms with E-state index in [0.29, 0.717) is 10.8 Å². The number of hydrogen-bond donors (Lipinski definition) is 1. The third-order valence-corrected chi connectivity index (χ3v) is 3.82. The molecule has 1 heterocycles. The van der Waals surface area contributed by atoms with Crippen molar-refractivity contribution in [1.29, 1.82) is 0 Å². The van der Waals surface area contributed by atoms with Crippen LogP contribution in [0.3, 0.4) is 0 Å². The van der Waals surface area contributed by atoms with Crippen molar-refractivity contribution in [2.75, 3.05) is 11.9 Å². The van der Waals surface area contributed by atoms with E-state index >= 15 is 0 Å². The molecule has 2 aromatic carbocycles. The van der Waals surface area contributed by atoms with Crippen LogP contribution in [-0.2, 0) is 0 Å². The van der Waals surface area contributed by atoms with Gasteiger partial charge < -0.3 is 9.73 Å². The summed E-state index contributed by atoms with van der Waals surface area (Å²) in [7, 11) is 0. The van der Waals surface area contributed by atoms with Crippen molar-refractivity contribution in [2.24, 2.45) is 0 Å². The van der Waals surface area contributed by atoms with Gasteiger partial charge in [0, 0.05) is 16.1 Å². The maximum absolute atomic E-state index is 12.2. The molecule has 0 spiro atoms. The number of benzene rings is 2. The Morgan fingerprint density at radius 1 is 1.19 bits per heavy atom. The minimum absolute atomic E-state index is 0.0921. The molecule has 0 saturated carbocycles. The van der Waals surface area contributed by atoms with E-state index in [9.17, 15) is 4.79 Å². The second-order valence-corrected chi connectivity index (χ2v) is 5.24. The summed E-state index contributed by atoms with van der Waals surface area (Å²) in [6.07, 6.45) is 0. The number of para-hydroxylation sites is 1. The first-order valence-electron chi connectivity index (χ1n) is 6.66. The Labute approximate surface area is 127 Å². The van der Waals surface area contributed by atoms with Gasteiger partial charge in [0.15, 0.2) is 5.76 Å². The third-order valence-electron chi connectivity index (χ3n) is 3.41. The number of furan rings is 1. The normalized spacial score (nSPS) is 10.8. The Morgan fingerprint density at radius 3 is 2.81 bits per heavy atom. The van der Waals surface area contributed by atoms with E-state index in [4.69, 9.17) is 16.0 Å². The van der Waals surface area contributed by atoms with Crippen LogP contribution in [0.15, 0.2) is 52.9 Å². The smallest absolute Gasteiger partial charge is 0.216 e.